The molecular formula is C15H24BrNO2. The van der Waals surface area contributed by atoms with Gasteiger partial charge in [0, 0.05) is 13.1 Å². The third-order valence-electron chi connectivity index (χ3n) is 2.56. The topological polar surface area (TPSA) is 30.5 Å². The molecule has 0 amide bonds. The van der Waals surface area contributed by atoms with Gasteiger partial charge in [-0.1, -0.05) is 20.8 Å². The Labute approximate surface area is 124 Å². The first-order valence-corrected chi connectivity index (χ1v) is 7.36. The van der Waals surface area contributed by atoms with Gasteiger partial charge in [-0.05, 0) is 46.0 Å². The molecule has 19 heavy (non-hydrogen) atoms. The van der Waals surface area contributed by atoms with E-state index in [1.54, 1.807) is 7.11 Å². The number of benzene rings is 1. The molecule has 0 aliphatic heterocycles. The van der Waals surface area contributed by atoms with Crippen LogP contribution < -0.4 is 14.8 Å². The van der Waals surface area contributed by atoms with E-state index < -0.39 is 0 Å². The van der Waals surface area contributed by atoms with E-state index in [0.29, 0.717) is 6.61 Å². The number of methoxy groups -OCH3 is 1. The van der Waals surface area contributed by atoms with Crippen molar-refractivity contribution in [3.63, 3.8) is 0 Å². The van der Waals surface area contributed by atoms with Gasteiger partial charge in [-0.3, -0.25) is 0 Å². The summed E-state index contributed by atoms with van der Waals surface area (Å²) >= 11 is 3.54. The Morgan fingerprint density at radius 1 is 1.26 bits per heavy atom. The molecular weight excluding hydrogens is 306 g/mol. The standard InChI is InChI=1S/C15H24BrNO2/c1-6-19-14-12(16)7-11(8-13(14)18-5)9-17-10-15(2,3)4/h7-8,17H,6,9-10H2,1-5H3. The van der Waals surface area contributed by atoms with Crippen LogP contribution in [0.2, 0.25) is 0 Å². The minimum Gasteiger partial charge on any atom is -0.493 e. The van der Waals surface area contributed by atoms with Crippen LogP contribution in [-0.2, 0) is 6.54 Å². The zero-order valence-corrected chi connectivity index (χ0v) is 14.1. The molecule has 0 radical (unpaired) electrons. The highest BCUT2D eigenvalue weighted by Gasteiger charge is 2.12. The molecule has 0 aliphatic rings. The molecule has 0 heterocycles. The van der Waals surface area contributed by atoms with Gasteiger partial charge in [0.05, 0.1) is 18.2 Å². The van der Waals surface area contributed by atoms with E-state index in [0.717, 1.165) is 29.1 Å². The molecule has 1 rings (SSSR count). The van der Waals surface area contributed by atoms with Crippen molar-refractivity contribution in [3.05, 3.63) is 22.2 Å². The second kappa shape index (κ2) is 7.15. The van der Waals surface area contributed by atoms with E-state index in [4.69, 9.17) is 9.47 Å². The van der Waals surface area contributed by atoms with Gasteiger partial charge in [0.25, 0.3) is 0 Å². The first-order valence-electron chi connectivity index (χ1n) is 6.57. The van der Waals surface area contributed by atoms with Gasteiger partial charge in [0.2, 0.25) is 0 Å². The van der Waals surface area contributed by atoms with Gasteiger partial charge >= 0.3 is 0 Å². The van der Waals surface area contributed by atoms with Crippen LogP contribution in [0.15, 0.2) is 16.6 Å². The summed E-state index contributed by atoms with van der Waals surface area (Å²) in [7, 11) is 1.66. The molecule has 1 N–H and O–H groups in total. The molecule has 0 saturated carbocycles. The summed E-state index contributed by atoms with van der Waals surface area (Å²) in [5.41, 5.74) is 1.46. The number of hydrogen-bond acceptors (Lipinski definition) is 3. The lowest BCUT2D eigenvalue weighted by molar-refractivity contribution is 0.308. The molecule has 0 bridgehead atoms. The van der Waals surface area contributed by atoms with Crippen molar-refractivity contribution >= 4 is 15.9 Å². The van der Waals surface area contributed by atoms with Crippen LogP contribution >= 0.6 is 15.9 Å². The van der Waals surface area contributed by atoms with Crippen molar-refractivity contribution in [2.75, 3.05) is 20.3 Å². The molecule has 108 valence electrons. The van der Waals surface area contributed by atoms with Crippen molar-refractivity contribution in [2.24, 2.45) is 5.41 Å². The van der Waals surface area contributed by atoms with Gasteiger partial charge in [0.15, 0.2) is 11.5 Å². The molecule has 0 spiro atoms. The van der Waals surface area contributed by atoms with Crippen LogP contribution in [0.1, 0.15) is 33.3 Å². The largest absolute Gasteiger partial charge is 0.493 e. The second-order valence-corrected chi connectivity index (χ2v) is 6.56. The Hall–Kier alpha value is -0.740. The Balaban J connectivity index is 2.78. The lowest BCUT2D eigenvalue weighted by atomic mass is 9.97. The molecule has 0 aromatic heterocycles. The van der Waals surface area contributed by atoms with Crippen LogP contribution in [0.25, 0.3) is 0 Å². The highest BCUT2D eigenvalue weighted by Crippen LogP contribution is 2.36. The summed E-state index contributed by atoms with van der Waals surface area (Å²) in [6.07, 6.45) is 0. The highest BCUT2D eigenvalue weighted by molar-refractivity contribution is 9.10. The maximum atomic E-state index is 5.58. The second-order valence-electron chi connectivity index (χ2n) is 5.71. The average Bonchev–Trinajstić information content (AvgIpc) is 2.30. The summed E-state index contributed by atoms with van der Waals surface area (Å²) in [6, 6.07) is 4.09. The number of rotatable bonds is 6. The quantitative estimate of drug-likeness (QED) is 0.855. The van der Waals surface area contributed by atoms with Crippen molar-refractivity contribution < 1.29 is 9.47 Å². The summed E-state index contributed by atoms with van der Waals surface area (Å²) < 4.78 is 11.9. The number of ether oxygens (including phenoxy) is 2. The van der Waals surface area contributed by atoms with Gasteiger partial charge in [-0.15, -0.1) is 0 Å². The zero-order chi connectivity index (χ0) is 14.5. The van der Waals surface area contributed by atoms with Crippen LogP contribution in [0.4, 0.5) is 0 Å². The maximum Gasteiger partial charge on any atom is 0.175 e. The Morgan fingerprint density at radius 2 is 1.95 bits per heavy atom. The fraction of sp³-hybridized carbons (Fsp3) is 0.600. The summed E-state index contributed by atoms with van der Waals surface area (Å²) in [4.78, 5) is 0. The van der Waals surface area contributed by atoms with Gasteiger partial charge in [-0.2, -0.15) is 0 Å². The summed E-state index contributed by atoms with van der Waals surface area (Å²) in [6.45, 7) is 11.0. The van der Waals surface area contributed by atoms with Crippen LogP contribution in [0.5, 0.6) is 11.5 Å². The van der Waals surface area contributed by atoms with Crippen molar-refractivity contribution in [1.82, 2.24) is 5.32 Å². The van der Waals surface area contributed by atoms with Crippen LogP contribution in [0.3, 0.4) is 0 Å². The van der Waals surface area contributed by atoms with E-state index >= 15 is 0 Å². The number of halogens is 1. The number of nitrogens with one attached hydrogen (secondary N) is 1. The molecule has 0 unspecified atom stereocenters. The molecule has 1 aromatic rings. The molecule has 0 aliphatic carbocycles. The first kappa shape index (κ1) is 16.3. The Kier molecular flexibility index (Phi) is 6.14. The monoisotopic (exact) mass is 329 g/mol. The van der Waals surface area contributed by atoms with Crippen molar-refractivity contribution in [2.45, 2.75) is 34.2 Å². The lowest BCUT2D eigenvalue weighted by Crippen LogP contribution is -2.26. The molecule has 0 atom stereocenters. The fourth-order valence-electron chi connectivity index (χ4n) is 1.74. The predicted octanol–water partition coefficient (Wildman–Crippen LogP) is 3.99. The summed E-state index contributed by atoms with van der Waals surface area (Å²) in [5.74, 6) is 1.54. The van der Waals surface area contributed by atoms with E-state index in [1.165, 1.54) is 5.56 Å². The van der Waals surface area contributed by atoms with Gasteiger partial charge < -0.3 is 14.8 Å². The minimum atomic E-state index is 0.284. The van der Waals surface area contributed by atoms with Crippen LogP contribution in [-0.4, -0.2) is 20.3 Å². The fourth-order valence-corrected chi connectivity index (χ4v) is 2.35. The first-order chi connectivity index (χ1) is 8.87. The summed E-state index contributed by atoms with van der Waals surface area (Å²) in [5, 5.41) is 3.45. The van der Waals surface area contributed by atoms with Crippen LogP contribution in [0, 0.1) is 5.41 Å². The minimum absolute atomic E-state index is 0.284. The Bertz CT molecular complexity index is 413. The molecule has 0 saturated heterocycles. The average molecular weight is 330 g/mol. The maximum absolute atomic E-state index is 5.58. The lowest BCUT2D eigenvalue weighted by Gasteiger charge is -2.19. The van der Waals surface area contributed by atoms with Gasteiger partial charge in [-0.25, -0.2) is 0 Å². The molecule has 0 fully saturated rings. The van der Waals surface area contributed by atoms with E-state index in [1.807, 2.05) is 13.0 Å². The third-order valence-corrected chi connectivity index (χ3v) is 3.15. The predicted molar refractivity (Wildman–Crippen MR) is 83.0 cm³/mol. The number of hydrogen-bond donors (Lipinski definition) is 1. The zero-order valence-electron chi connectivity index (χ0n) is 12.5. The normalized spacial score (nSPS) is 11.5. The van der Waals surface area contributed by atoms with Gasteiger partial charge in [0.1, 0.15) is 0 Å². The van der Waals surface area contributed by atoms with Crippen molar-refractivity contribution in [1.29, 1.82) is 0 Å². The van der Waals surface area contributed by atoms with E-state index in [9.17, 15) is 0 Å². The van der Waals surface area contributed by atoms with E-state index in [-0.39, 0.29) is 5.41 Å². The molecule has 4 heteroatoms. The molecule has 3 nitrogen and oxygen atoms in total. The molecule has 1 aromatic carbocycles. The SMILES string of the molecule is CCOc1c(Br)cc(CNCC(C)(C)C)cc1OC. The van der Waals surface area contributed by atoms with Crippen molar-refractivity contribution in [3.8, 4) is 11.5 Å². The highest BCUT2D eigenvalue weighted by atomic mass is 79.9. The smallest absolute Gasteiger partial charge is 0.175 e. The third kappa shape index (κ3) is 5.41. The Morgan fingerprint density at radius 3 is 2.47 bits per heavy atom. The van der Waals surface area contributed by atoms with E-state index in [2.05, 4.69) is 48.1 Å².